The Balaban J connectivity index is 1.72. The van der Waals surface area contributed by atoms with E-state index in [1.54, 1.807) is 0 Å². The van der Waals surface area contributed by atoms with Crippen LogP contribution < -0.4 is 10.6 Å². The minimum absolute atomic E-state index is 0.0317. The minimum atomic E-state index is -4.63. The Kier molecular flexibility index (Phi) is 5.15. The number of carbonyl (C=O) groups excluding carboxylic acids is 2. The Labute approximate surface area is 150 Å². The van der Waals surface area contributed by atoms with Crippen LogP contribution in [-0.2, 0) is 11.0 Å². The Morgan fingerprint density at radius 1 is 1.38 bits per heavy atom. The summed E-state index contributed by atoms with van der Waals surface area (Å²) in [6.07, 6.45) is -3.06. The predicted molar refractivity (Wildman–Crippen MR) is 87.6 cm³/mol. The number of halogens is 3. The van der Waals surface area contributed by atoms with Crippen LogP contribution in [0.15, 0.2) is 16.7 Å². The maximum Gasteiger partial charge on any atom is 0.452 e. The van der Waals surface area contributed by atoms with Crippen molar-refractivity contribution in [3.63, 3.8) is 0 Å². The van der Waals surface area contributed by atoms with Gasteiger partial charge >= 0.3 is 6.18 Å². The van der Waals surface area contributed by atoms with E-state index in [9.17, 15) is 22.8 Å². The molecule has 0 aliphatic carbocycles. The van der Waals surface area contributed by atoms with E-state index in [1.165, 1.54) is 19.1 Å². The number of aromatic nitrogens is 1. The van der Waals surface area contributed by atoms with E-state index in [2.05, 4.69) is 20.3 Å². The summed E-state index contributed by atoms with van der Waals surface area (Å²) in [5, 5.41) is 8.91. The molecule has 6 nitrogen and oxygen atoms in total. The van der Waals surface area contributed by atoms with E-state index in [-0.39, 0.29) is 28.0 Å². The van der Waals surface area contributed by atoms with Gasteiger partial charge in [0.05, 0.1) is 15.7 Å². The normalized spacial score (nSPS) is 17.9. The molecule has 2 aromatic rings. The lowest BCUT2D eigenvalue weighted by Crippen LogP contribution is -2.42. The number of nitrogens with one attached hydrogen (secondary N) is 2. The van der Waals surface area contributed by atoms with E-state index < -0.39 is 17.8 Å². The van der Waals surface area contributed by atoms with Crippen LogP contribution >= 0.6 is 11.3 Å². The van der Waals surface area contributed by atoms with Gasteiger partial charge in [-0.15, -0.1) is 11.3 Å². The quantitative estimate of drug-likeness (QED) is 0.791. The number of thiophene rings is 1. The summed E-state index contributed by atoms with van der Waals surface area (Å²) in [5.41, 5.74) is -0.111. The maximum absolute atomic E-state index is 12.8. The molecular formula is C16H16F3N3O3S. The Morgan fingerprint density at radius 3 is 2.77 bits per heavy atom. The van der Waals surface area contributed by atoms with Crippen LogP contribution in [0.3, 0.4) is 0 Å². The lowest BCUT2D eigenvalue weighted by Gasteiger charge is -2.21. The molecule has 10 heteroatoms. The molecule has 1 saturated heterocycles. The van der Waals surface area contributed by atoms with Crippen LogP contribution in [0.2, 0.25) is 0 Å². The minimum Gasteiger partial charge on any atom is -0.351 e. The van der Waals surface area contributed by atoms with Crippen molar-refractivity contribution in [2.24, 2.45) is 5.92 Å². The molecule has 1 unspecified atom stereocenters. The van der Waals surface area contributed by atoms with Gasteiger partial charge in [-0.3, -0.25) is 14.9 Å². The third kappa shape index (κ3) is 3.80. The SMILES string of the molecule is Cc1c(-c2ccc(C(=O)NC(=O)C3CCCNC3)s2)noc1C(F)(F)F. The lowest BCUT2D eigenvalue weighted by molar-refractivity contribution is -0.156. The third-order valence-corrected chi connectivity index (χ3v) is 5.24. The van der Waals surface area contributed by atoms with Crippen LogP contribution in [0.5, 0.6) is 0 Å². The van der Waals surface area contributed by atoms with Crippen molar-refractivity contribution in [3.05, 3.63) is 28.3 Å². The van der Waals surface area contributed by atoms with Crippen LogP contribution in [0.4, 0.5) is 13.2 Å². The zero-order valence-electron chi connectivity index (χ0n) is 13.8. The first kappa shape index (κ1) is 18.6. The number of carbonyl (C=O) groups is 2. The number of rotatable bonds is 3. The molecule has 2 N–H and O–H groups in total. The molecule has 2 aromatic heterocycles. The summed E-state index contributed by atoms with van der Waals surface area (Å²) in [7, 11) is 0. The van der Waals surface area contributed by atoms with Crippen molar-refractivity contribution >= 4 is 23.2 Å². The van der Waals surface area contributed by atoms with Gasteiger partial charge in [0.1, 0.15) is 5.69 Å². The van der Waals surface area contributed by atoms with Gasteiger partial charge in [0.2, 0.25) is 11.7 Å². The highest BCUT2D eigenvalue weighted by Gasteiger charge is 2.39. The predicted octanol–water partition coefficient (Wildman–Crippen LogP) is 2.99. The van der Waals surface area contributed by atoms with E-state index in [4.69, 9.17) is 0 Å². The average Bonchev–Trinajstić information content (AvgIpc) is 3.21. The third-order valence-electron chi connectivity index (χ3n) is 4.15. The fourth-order valence-electron chi connectivity index (χ4n) is 2.77. The van der Waals surface area contributed by atoms with E-state index in [1.807, 2.05) is 0 Å². The Hall–Kier alpha value is -2.20. The summed E-state index contributed by atoms with van der Waals surface area (Å²) in [6, 6.07) is 2.93. The van der Waals surface area contributed by atoms with Gasteiger partial charge in [0, 0.05) is 12.1 Å². The lowest BCUT2D eigenvalue weighted by atomic mass is 9.99. The second-order valence-electron chi connectivity index (χ2n) is 6.01. The molecule has 1 fully saturated rings. The Morgan fingerprint density at radius 2 is 2.15 bits per heavy atom. The highest BCUT2D eigenvalue weighted by Crippen LogP contribution is 2.38. The van der Waals surface area contributed by atoms with Crippen LogP contribution in [0, 0.1) is 12.8 Å². The summed E-state index contributed by atoms with van der Waals surface area (Å²) < 4.78 is 42.8. The number of imide groups is 1. The van der Waals surface area contributed by atoms with Crippen molar-refractivity contribution in [3.8, 4) is 10.6 Å². The summed E-state index contributed by atoms with van der Waals surface area (Å²) in [4.78, 5) is 24.9. The fraction of sp³-hybridized carbons (Fsp3) is 0.438. The van der Waals surface area contributed by atoms with Crippen LogP contribution in [0.1, 0.15) is 33.8 Å². The van der Waals surface area contributed by atoms with Crippen molar-refractivity contribution in [2.75, 3.05) is 13.1 Å². The van der Waals surface area contributed by atoms with Gasteiger partial charge in [0.25, 0.3) is 5.91 Å². The topological polar surface area (TPSA) is 84.2 Å². The monoisotopic (exact) mass is 387 g/mol. The molecule has 1 atom stereocenters. The second kappa shape index (κ2) is 7.20. The largest absolute Gasteiger partial charge is 0.452 e. The number of nitrogens with zero attached hydrogens (tertiary/aromatic N) is 1. The number of piperidine rings is 1. The van der Waals surface area contributed by atoms with E-state index >= 15 is 0 Å². The molecule has 26 heavy (non-hydrogen) atoms. The molecule has 2 amide bonds. The second-order valence-corrected chi connectivity index (χ2v) is 7.09. The summed E-state index contributed by atoms with van der Waals surface area (Å²) >= 11 is 0.951. The molecule has 1 aliphatic rings. The van der Waals surface area contributed by atoms with Gasteiger partial charge in [-0.2, -0.15) is 13.2 Å². The van der Waals surface area contributed by atoms with Gasteiger partial charge in [0.15, 0.2) is 0 Å². The standard InChI is InChI=1S/C16H16F3N3O3S/c1-8-12(22-25-13(8)16(17,18)19)10-4-5-11(26-10)15(24)21-14(23)9-3-2-6-20-7-9/h4-5,9,20H,2-3,6-7H2,1H3,(H,21,23,24). The van der Waals surface area contributed by atoms with E-state index in [0.717, 1.165) is 24.3 Å². The molecule has 0 spiro atoms. The average molecular weight is 387 g/mol. The number of hydrogen-bond acceptors (Lipinski definition) is 6. The molecule has 0 aromatic carbocycles. The molecule has 0 saturated carbocycles. The van der Waals surface area contributed by atoms with Gasteiger partial charge in [-0.05, 0) is 38.4 Å². The zero-order chi connectivity index (χ0) is 18.9. The van der Waals surface area contributed by atoms with Crippen molar-refractivity contribution in [1.29, 1.82) is 0 Å². The zero-order valence-corrected chi connectivity index (χ0v) is 14.6. The first-order valence-corrected chi connectivity index (χ1v) is 8.78. The molecule has 3 rings (SSSR count). The van der Waals surface area contributed by atoms with E-state index in [0.29, 0.717) is 17.8 Å². The fourth-order valence-corrected chi connectivity index (χ4v) is 3.71. The highest BCUT2D eigenvalue weighted by molar-refractivity contribution is 7.17. The van der Waals surface area contributed by atoms with Crippen LogP contribution in [0.25, 0.3) is 10.6 Å². The van der Waals surface area contributed by atoms with Gasteiger partial charge in [-0.25, -0.2) is 0 Å². The molecule has 3 heterocycles. The Bertz CT molecular complexity index is 822. The highest BCUT2D eigenvalue weighted by atomic mass is 32.1. The first-order valence-electron chi connectivity index (χ1n) is 7.97. The van der Waals surface area contributed by atoms with Crippen molar-refractivity contribution in [1.82, 2.24) is 15.8 Å². The number of amides is 2. The molecular weight excluding hydrogens is 371 g/mol. The van der Waals surface area contributed by atoms with Gasteiger partial charge < -0.3 is 9.84 Å². The maximum atomic E-state index is 12.8. The number of hydrogen-bond donors (Lipinski definition) is 2. The molecule has 0 radical (unpaired) electrons. The first-order chi connectivity index (χ1) is 12.3. The summed E-state index contributed by atoms with van der Waals surface area (Å²) in [6.45, 7) is 2.63. The molecule has 1 aliphatic heterocycles. The van der Waals surface area contributed by atoms with Crippen molar-refractivity contribution < 1.29 is 27.3 Å². The smallest absolute Gasteiger partial charge is 0.351 e. The molecule has 0 bridgehead atoms. The summed E-state index contributed by atoms with van der Waals surface area (Å²) in [5.74, 6) is -2.35. The van der Waals surface area contributed by atoms with Gasteiger partial charge in [-0.1, -0.05) is 5.16 Å². The molecule has 140 valence electrons. The number of alkyl halides is 3. The van der Waals surface area contributed by atoms with Crippen LogP contribution in [-0.4, -0.2) is 30.1 Å². The van der Waals surface area contributed by atoms with Crippen molar-refractivity contribution in [2.45, 2.75) is 25.9 Å².